The second kappa shape index (κ2) is 5.27. The molecule has 0 aliphatic heterocycles. The summed E-state index contributed by atoms with van der Waals surface area (Å²) in [6.45, 7) is 1.93. The fourth-order valence-electron chi connectivity index (χ4n) is 1.51. The summed E-state index contributed by atoms with van der Waals surface area (Å²) in [4.78, 5) is 16.4. The molecule has 0 unspecified atom stereocenters. The van der Waals surface area contributed by atoms with Gasteiger partial charge in [-0.25, -0.2) is 0 Å². The predicted molar refractivity (Wildman–Crippen MR) is 79.3 cm³/mol. The number of pyridine rings is 1. The lowest BCUT2D eigenvalue weighted by Gasteiger charge is -2.05. The van der Waals surface area contributed by atoms with Crippen molar-refractivity contribution in [2.45, 2.75) is 6.92 Å². The number of carbonyl (C=O) groups is 1. The van der Waals surface area contributed by atoms with E-state index in [1.54, 1.807) is 12.4 Å². The highest BCUT2D eigenvalue weighted by Gasteiger charge is 2.13. The molecule has 86 valence electrons. The largest absolute Gasteiger partial charge is 0.289 e. The predicted octanol–water partition coefficient (Wildman–Crippen LogP) is 3.99. The lowest BCUT2D eigenvalue weighted by Crippen LogP contribution is -2.04. The highest BCUT2D eigenvalue weighted by atomic mass is 127. The van der Waals surface area contributed by atoms with Crippen LogP contribution in [0.2, 0.25) is 0 Å². The summed E-state index contributed by atoms with van der Waals surface area (Å²) < 4.78 is 1.85. The summed E-state index contributed by atoms with van der Waals surface area (Å²) in [7, 11) is 0. The maximum atomic E-state index is 12.3. The number of rotatable bonds is 2. The molecule has 0 N–H and O–H groups in total. The molecule has 0 saturated heterocycles. The van der Waals surface area contributed by atoms with E-state index in [0.29, 0.717) is 11.1 Å². The van der Waals surface area contributed by atoms with Crippen molar-refractivity contribution in [2.75, 3.05) is 0 Å². The fraction of sp³-hybridized carbons (Fsp3) is 0.0769. The van der Waals surface area contributed by atoms with Crippen LogP contribution in [-0.4, -0.2) is 10.8 Å². The average molecular weight is 402 g/mol. The molecule has 2 rings (SSSR count). The van der Waals surface area contributed by atoms with Gasteiger partial charge < -0.3 is 0 Å². The van der Waals surface area contributed by atoms with Gasteiger partial charge in [0.2, 0.25) is 0 Å². The second-order valence-electron chi connectivity index (χ2n) is 3.70. The van der Waals surface area contributed by atoms with Gasteiger partial charge in [0.15, 0.2) is 5.78 Å². The van der Waals surface area contributed by atoms with Gasteiger partial charge in [0.25, 0.3) is 0 Å². The molecule has 0 bridgehead atoms. The molecule has 0 aliphatic carbocycles. The van der Waals surface area contributed by atoms with Gasteiger partial charge >= 0.3 is 0 Å². The molecular formula is C13H9BrINO. The first kappa shape index (κ1) is 12.7. The van der Waals surface area contributed by atoms with Crippen LogP contribution in [0.5, 0.6) is 0 Å². The lowest BCUT2D eigenvalue weighted by atomic mass is 10.0. The lowest BCUT2D eigenvalue weighted by molar-refractivity contribution is 0.103. The van der Waals surface area contributed by atoms with Crippen molar-refractivity contribution < 1.29 is 4.79 Å². The summed E-state index contributed by atoms with van der Waals surface area (Å²) in [5, 5.41) is 0. The highest BCUT2D eigenvalue weighted by Crippen LogP contribution is 2.21. The van der Waals surface area contributed by atoms with Gasteiger partial charge in [-0.15, -0.1) is 0 Å². The van der Waals surface area contributed by atoms with Crippen LogP contribution < -0.4 is 0 Å². The normalized spacial score (nSPS) is 10.3. The van der Waals surface area contributed by atoms with Gasteiger partial charge in [-0.3, -0.25) is 9.78 Å². The molecule has 0 fully saturated rings. The number of aromatic nitrogens is 1. The molecule has 4 heteroatoms. The molecule has 17 heavy (non-hydrogen) atoms. The van der Waals surface area contributed by atoms with E-state index in [-0.39, 0.29) is 5.78 Å². The Balaban J connectivity index is 2.47. The van der Waals surface area contributed by atoms with Gasteiger partial charge in [-0.2, -0.15) is 0 Å². The number of hydrogen-bond donors (Lipinski definition) is 0. The maximum absolute atomic E-state index is 12.3. The number of halogens is 2. The topological polar surface area (TPSA) is 30.0 Å². The SMILES string of the molecule is Cc1cncc(C(=O)c2cc(Br)ccc2I)c1. The smallest absolute Gasteiger partial charge is 0.195 e. The zero-order valence-corrected chi connectivity index (χ0v) is 12.8. The Hall–Kier alpha value is -0.750. The van der Waals surface area contributed by atoms with Crippen molar-refractivity contribution in [3.8, 4) is 0 Å². The van der Waals surface area contributed by atoms with Crippen molar-refractivity contribution in [1.82, 2.24) is 4.98 Å². The van der Waals surface area contributed by atoms with E-state index in [9.17, 15) is 4.79 Å². The summed E-state index contributed by atoms with van der Waals surface area (Å²) >= 11 is 5.55. The van der Waals surface area contributed by atoms with E-state index in [2.05, 4.69) is 43.5 Å². The minimum atomic E-state index is 0.00639. The molecule has 1 aromatic heterocycles. The van der Waals surface area contributed by atoms with Crippen LogP contribution in [0.3, 0.4) is 0 Å². The van der Waals surface area contributed by atoms with Crippen molar-refractivity contribution in [1.29, 1.82) is 0 Å². The summed E-state index contributed by atoms with van der Waals surface area (Å²) in [6.07, 6.45) is 3.34. The van der Waals surface area contributed by atoms with Crippen molar-refractivity contribution in [2.24, 2.45) is 0 Å². The van der Waals surface area contributed by atoms with Gasteiger partial charge in [0.05, 0.1) is 0 Å². The average Bonchev–Trinajstić information content (AvgIpc) is 2.31. The number of aryl methyl sites for hydroxylation is 1. The number of nitrogens with zero attached hydrogens (tertiary/aromatic N) is 1. The molecule has 2 nitrogen and oxygen atoms in total. The molecule has 0 saturated carbocycles. The third-order valence-corrected chi connectivity index (χ3v) is 3.74. The van der Waals surface area contributed by atoms with Gasteiger partial charge in [-0.1, -0.05) is 15.9 Å². The maximum Gasteiger partial charge on any atom is 0.195 e. The van der Waals surface area contributed by atoms with E-state index in [4.69, 9.17) is 0 Å². The first-order valence-corrected chi connectivity index (χ1v) is 6.86. The van der Waals surface area contributed by atoms with Crippen LogP contribution in [0.15, 0.2) is 41.1 Å². The summed E-state index contributed by atoms with van der Waals surface area (Å²) in [5.74, 6) is 0.00639. The zero-order valence-electron chi connectivity index (χ0n) is 9.08. The van der Waals surface area contributed by atoms with Crippen LogP contribution in [0.4, 0.5) is 0 Å². The minimum absolute atomic E-state index is 0.00639. The standard InChI is InChI=1S/C13H9BrINO/c1-8-4-9(7-16-6-8)13(17)11-5-10(14)2-3-12(11)15/h2-7H,1H3. The Morgan fingerprint density at radius 3 is 2.76 bits per heavy atom. The second-order valence-corrected chi connectivity index (χ2v) is 5.78. The van der Waals surface area contributed by atoms with Gasteiger partial charge in [-0.05, 0) is 59.3 Å². The Labute approximate surface area is 122 Å². The highest BCUT2D eigenvalue weighted by molar-refractivity contribution is 14.1. The molecule has 0 radical (unpaired) electrons. The summed E-state index contributed by atoms with van der Waals surface area (Å²) in [6, 6.07) is 7.53. The zero-order chi connectivity index (χ0) is 12.4. The number of carbonyl (C=O) groups excluding carboxylic acids is 1. The van der Waals surface area contributed by atoms with Crippen LogP contribution in [-0.2, 0) is 0 Å². The number of ketones is 1. The van der Waals surface area contributed by atoms with Gasteiger partial charge in [0.1, 0.15) is 0 Å². The Kier molecular flexibility index (Phi) is 3.93. The van der Waals surface area contributed by atoms with Crippen molar-refractivity contribution in [3.63, 3.8) is 0 Å². The quantitative estimate of drug-likeness (QED) is 0.562. The third-order valence-electron chi connectivity index (χ3n) is 2.31. The first-order chi connectivity index (χ1) is 8.08. The van der Waals surface area contributed by atoms with E-state index < -0.39 is 0 Å². The molecule has 0 aliphatic rings. The third kappa shape index (κ3) is 2.93. The monoisotopic (exact) mass is 401 g/mol. The van der Waals surface area contributed by atoms with Crippen LogP contribution in [0.1, 0.15) is 21.5 Å². The molecule has 0 amide bonds. The molecular weight excluding hydrogens is 393 g/mol. The molecule has 0 atom stereocenters. The van der Waals surface area contributed by atoms with Gasteiger partial charge in [0, 0.05) is 31.6 Å². The Bertz CT molecular complexity index is 583. The molecule has 1 heterocycles. The van der Waals surface area contributed by atoms with E-state index in [1.807, 2.05) is 31.2 Å². The van der Waals surface area contributed by atoms with Crippen molar-refractivity contribution in [3.05, 3.63) is 61.4 Å². The number of benzene rings is 1. The Morgan fingerprint density at radius 2 is 2.06 bits per heavy atom. The fourth-order valence-corrected chi connectivity index (χ4v) is 2.45. The first-order valence-electron chi connectivity index (χ1n) is 4.99. The van der Waals surface area contributed by atoms with Crippen LogP contribution in [0, 0.1) is 10.5 Å². The molecule has 0 spiro atoms. The summed E-state index contributed by atoms with van der Waals surface area (Å²) in [5.41, 5.74) is 2.31. The van der Waals surface area contributed by atoms with Crippen molar-refractivity contribution >= 4 is 44.3 Å². The minimum Gasteiger partial charge on any atom is -0.289 e. The van der Waals surface area contributed by atoms with E-state index in [0.717, 1.165) is 13.6 Å². The van der Waals surface area contributed by atoms with Crippen LogP contribution >= 0.6 is 38.5 Å². The van der Waals surface area contributed by atoms with Crippen LogP contribution in [0.25, 0.3) is 0 Å². The number of hydrogen-bond acceptors (Lipinski definition) is 2. The van der Waals surface area contributed by atoms with E-state index >= 15 is 0 Å². The Morgan fingerprint density at radius 1 is 1.29 bits per heavy atom. The molecule has 1 aromatic carbocycles. The van der Waals surface area contributed by atoms with E-state index in [1.165, 1.54) is 0 Å². The molecule has 2 aromatic rings.